The van der Waals surface area contributed by atoms with Gasteiger partial charge in [-0.3, -0.25) is 4.79 Å². The average molecular weight is 197 g/mol. The Kier molecular flexibility index (Phi) is 6.15. The van der Waals surface area contributed by atoms with Crippen molar-refractivity contribution in [3.05, 3.63) is 29.8 Å². The molecular weight excluding hydrogens is 182 g/mol. The SMILES string of the molecule is COc1cccc(C)c1.NCC(=O)O. The summed E-state index contributed by atoms with van der Waals surface area (Å²) in [5.41, 5.74) is 5.80. The van der Waals surface area contributed by atoms with Crippen molar-refractivity contribution in [1.29, 1.82) is 0 Å². The second-order valence-electron chi connectivity index (χ2n) is 2.62. The zero-order chi connectivity index (χ0) is 11.0. The van der Waals surface area contributed by atoms with Crippen LogP contribution in [0.3, 0.4) is 0 Å². The maximum Gasteiger partial charge on any atom is 0.317 e. The zero-order valence-corrected chi connectivity index (χ0v) is 8.36. The van der Waals surface area contributed by atoms with Gasteiger partial charge in [0.2, 0.25) is 0 Å². The van der Waals surface area contributed by atoms with Crippen molar-refractivity contribution >= 4 is 5.97 Å². The highest BCUT2D eigenvalue weighted by Gasteiger charge is 1.86. The van der Waals surface area contributed by atoms with Crippen LogP contribution in [0.4, 0.5) is 0 Å². The zero-order valence-electron chi connectivity index (χ0n) is 8.36. The maximum absolute atomic E-state index is 9.24. The summed E-state index contributed by atoms with van der Waals surface area (Å²) in [7, 11) is 1.68. The van der Waals surface area contributed by atoms with Crippen LogP contribution in [0.25, 0.3) is 0 Å². The molecule has 0 amide bonds. The first-order chi connectivity index (χ1) is 6.60. The Morgan fingerprint density at radius 2 is 2.14 bits per heavy atom. The summed E-state index contributed by atoms with van der Waals surface area (Å²) < 4.78 is 5.00. The number of hydrogen-bond acceptors (Lipinski definition) is 3. The summed E-state index contributed by atoms with van der Waals surface area (Å²) in [6, 6.07) is 7.96. The minimum Gasteiger partial charge on any atom is -0.497 e. The standard InChI is InChI=1S/C8H10O.C2H5NO2/c1-7-4-3-5-8(6-7)9-2;3-1-2(4)5/h3-6H,1-2H3;1,3H2,(H,4,5). The molecule has 0 aromatic heterocycles. The molecule has 14 heavy (non-hydrogen) atoms. The molecule has 0 heterocycles. The molecule has 0 atom stereocenters. The minimum atomic E-state index is -0.968. The second kappa shape index (κ2) is 6.91. The van der Waals surface area contributed by atoms with Gasteiger partial charge in [0.05, 0.1) is 13.7 Å². The van der Waals surface area contributed by atoms with Crippen molar-refractivity contribution in [3.63, 3.8) is 0 Å². The normalized spacial score (nSPS) is 8.50. The summed E-state index contributed by atoms with van der Waals surface area (Å²) >= 11 is 0. The van der Waals surface area contributed by atoms with E-state index in [9.17, 15) is 4.79 Å². The second-order valence-corrected chi connectivity index (χ2v) is 2.62. The van der Waals surface area contributed by atoms with Crippen LogP contribution in [-0.4, -0.2) is 24.7 Å². The van der Waals surface area contributed by atoms with Gasteiger partial charge >= 0.3 is 5.97 Å². The van der Waals surface area contributed by atoms with Gasteiger partial charge in [0.25, 0.3) is 0 Å². The van der Waals surface area contributed by atoms with Crippen LogP contribution in [0, 0.1) is 6.92 Å². The topological polar surface area (TPSA) is 72.5 Å². The van der Waals surface area contributed by atoms with E-state index in [4.69, 9.17) is 9.84 Å². The Morgan fingerprint density at radius 3 is 2.43 bits per heavy atom. The van der Waals surface area contributed by atoms with E-state index >= 15 is 0 Å². The first-order valence-corrected chi connectivity index (χ1v) is 4.12. The smallest absolute Gasteiger partial charge is 0.317 e. The monoisotopic (exact) mass is 197 g/mol. The first-order valence-electron chi connectivity index (χ1n) is 4.12. The van der Waals surface area contributed by atoms with Gasteiger partial charge in [-0.25, -0.2) is 0 Å². The molecule has 0 saturated carbocycles. The number of rotatable bonds is 2. The largest absolute Gasteiger partial charge is 0.497 e. The van der Waals surface area contributed by atoms with Gasteiger partial charge in [0, 0.05) is 0 Å². The van der Waals surface area contributed by atoms with Crippen LogP contribution >= 0.6 is 0 Å². The van der Waals surface area contributed by atoms with E-state index in [0.717, 1.165) is 5.75 Å². The molecule has 0 aliphatic carbocycles. The molecule has 0 saturated heterocycles. The highest BCUT2D eigenvalue weighted by atomic mass is 16.5. The van der Waals surface area contributed by atoms with E-state index in [1.807, 2.05) is 31.2 Å². The van der Waals surface area contributed by atoms with Crippen molar-refractivity contribution < 1.29 is 14.6 Å². The van der Waals surface area contributed by atoms with Gasteiger partial charge in [-0.1, -0.05) is 12.1 Å². The lowest BCUT2D eigenvalue weighted by Gasteiger charge is -1.97. The molecule has 0 radical (unpaired) electrons. The summed E-state index contributed by atoms with van der Waals surface area (Å²) in [6.45, 7) is 1.77. The molecule has 0 aliphatic rings. The van der Waals surface area contributed by atoms with Gasteiger partial charge in [-0.05, 0) is 24.6 Å². The molecule has 3 N–H and O–H groups in total. The van der Waals surface area contributed by atoms with E-state index in [-0.39, 0.29) is 6.54 Å². The van der Waals surface area contributed by atoms with E-state index in [0.29, 0.717) is 0 Å². The van der Waals surface area contributed by atoms with Gasteiger partial charge in [0.15, 0.2) is 0 Å². The lowest BCUT2D eigenvalue weighted by atomic mass is 10.2. The fourth-order valence-corrected chi connectivity index (χ4v) is 0.742. The molecule has 1 aromatic rings. The number of hydrogen-bond donors (Lipinski definition) is 2. The van der Waals surface area contributed by atoms with Crippen molar-refractivity contribution in [2.45, 2.75) is 6.92 Å². The predicted molar refractivity (Wildman–Crippen MR) is 54.4 cm³/mol. The molecule has 1 rings (SSSR count). The van der Waals surface area contributed by atoms with Crippen molar-refractivity contribution in [1.82, 2.24) is 0 Å². The molecule has 0 unspecified atom stereocenters. The van der Waals surface area contributed by atoms with Crippen LogP contribution in [0.1, 0.15) is 5.56 Å². The molecule has 4 heteroatoms. The summed E-state index contributed by atoms with van der Waals surface area (Å²) in [5.74, 6) is -0.0417. The lowest BCUT2D eigenvalue weighted by molar-refractivity contribution is -0.135. The molecule has 0 fully saturated rings. The van der Waals surface area contributed by atoms with Crippen LogP contribution < -0.4 is 10.5 Å². The Hall–Kier alpha value is -1.55. The lowest BCUT2D eigenvalue weighted by Crippen LogP contribution is -2.10. The van der Waals surface area contributed by atoms with Crippen LogP contribution in [-0.2, 0) is 4.79 Å². The number of methoxy groups -OCH3 is 1. The number of carboxylic acids is 1. The van der Waals surface area contributed by atoms with E-state index in [1.54, 1.807) is 7.11 Å². The number of aliphatic carboxylic acids is 1. The Morgan fingerprint density at radius 1 is 1.57 bits per heavy atom. The molecule has 4 nitrogen and oxygen atoms in total. The number of carbonyl (C=O) groups is 1. The van der Waals surface area contributed by atoms with Gasteiger partial charge in [-0.15, -0.1) is 0 Å². The van der Waals surface area contributed by atoms with E-state index in [2.05, 4.69) is 5.73 Å². The van der Waals surface area contributed by atoms with Crippen LogP contribution in [0.15, 0.2) is 24.3 Å². The highest BCUT2D eigenvalue weighted by molar-refractivity contribution is 5.68. The third-order valence-corrected chi connectivity index (χ3v) is 1.40. The van der Waals surface area contributed by atoms with Crippen molar-refractivity contribution in [2.75, 3.05) is 13.7 Å². The molecule has 0 spiro atoms. The average Bonchev–Trinajstić information content (AvgIpc) is 2.18. The fourth-order valence-electron chi connectivity index (χ4n) is 0.742. The number of ether oxygens (including phenoxy) is 1. The number of aryl methyl sites for hydroxylation is 1. The van der Waals surface area contributed by atoms with Gasteiger partial charge in [0.1, 0.15) is 5.75 Å². The Labute approximate surface area is 83.3 Å². The molecule has 78 valence electrons. The van der Waals surface area contributed by atoms with E-state index in [1.165, 1.54) is 5.56 Å². The van der Waals surface area contributed by atoms with Gasteiger partial charge in [-0.2, -0.15) is 0 Å². The molecular formula is C10H15NO3. The van der Waals surface area contributed by atoms with Crippen molar-refractivity contribution in [2.24, 2.45) is 5.73 Å². The Bertz CT molecular complexity index is 286. The quantitative estimate of drug-likeness (QED) is 0.742. The van der Waals surface area contributed by atoms with Crippen LogP contribution in [0.5, 0.6) is 5.75 Å². The maximum atomic E-state index is 9.24. The summed E-state index contributed by atoms with van der Waals surface area (Å²) in [5, 5.41) is 7.60. The summed E-state index contributed by atoms with van der Waals surface area (Å²) in [4.78, 5) is 9.24. The number of benzene rings is 1. The number of nitrogens with two attached hydrogens (primary N) is 1. The number of carboxylic acid groups (broad SMARTS) is 1. The Balaban J connectivity index is 0.000000292. The van der Waals surface area contributed by atoms with Crippen molar-refractivity contribution in [3.8, 4) is 5.75 Å². The van der Waals surface area contributed by atoms with E-state index < -0.39 is 5.97 Å². The van der Waals surface area contributed by atoms with Gasteiger partial charge < -0.3 is 15.6 Å². The molecule has 0 bridgehead atoms. The minimum absolute atomic E-state index is 0.278. The highest BCUT2D eigenvalue weighted by Crippen LogP contribution is 2.10. The first kappa shape index (κ1) is 12.4. The third kappa shape index (κ3) is 6.02. The predicted octanol–water partition coefficient (Wildman–Crippen LogP) is 1.03. The molecule has 0 aliphatic heterocycles. The fraction of sp³-hybridized carbons (Fsp3) is 0.300. The molecule has 1 aromatic carbocycles. The van der Waals surface area contributed by atoms with Crippen LogP contribution in [0.2, 0.25) is 0 Å². The third-order valence-electron chi connectivity index (χ3n) is 1.40. The summed E-state index contributed by atoms with van der Waals surface area (Å²) in [6.07, 6.45) is 0.